The van der Waals surface area contributed by atoms with Gasteiger partial charge in [0.15, 0.2) is 0 Å². The summed E-state index contributed by atoms with van der Waals surface area (Å²) in [5.74, 6) is 1.22. The minimum Gasteiger partial charge on any atom is -0.349 e. The van der Waals surface area contributed by atoms with Crippen molar-refractivity contribution in [2.75, 3.05) is 13.1 Å². The highest BCUT2D eigenvalue weighted by Gasteiger charge is 2.58. The predicted molar refractivity (Wildman–Crippen MR) is 135 cm³/mol. The molecule has 4 nitrogen and oxygen atoms in total. The predicted octanol–water partition coefficient (Wildman–Crippen LogP) is 5.40. The third kappa shape index (κ3) is 3.84. The van der Waals surface area contributed by atoms with E-state index in [4.69, 9.17) is 0 Å². The van der Waals surface area contributed by atoms with E-state index in [0.717, 1.165) is 6.42 Å². The van der Waals surface area contributed by atoms with Crippen LogP contribution in [0.4, 0.5) is 0 Å². The molecule has 2 bridgehead atoms. The minimum atomic E-state index is 0.000783. The highest BCUT2D eigenvalue weighted by atomic mass is 16.1. The van der Waals surface area contributed by atoms with Gasteiger partial charge in [-0.3, -0.25) is 14.7 Å². The van der Waals surface area contributed by atoms with Crippen LogP contribution in [0.3, 0.4) is 0 Å². The van der Waals surface area contributed by atoms with Crippen LogP contribution in [0.15, 0.2) is 85.2 Å². The smallest absolute Gasteiger partial charge is 0.253 e. The Bertz CT molecular complexity index is 1060. The van der Waals surface area contributed by atoms with Crippen molar-refractivity contribution < 1.29 is 4.79 Å². The zero-order valence-electron chi connectivity index (χ0n) is 19.6. The van der Waals surface area contributed by atoms with Gasteiger partial charge in [0, 0.05) is 24.0 Å². The van der Waals surface area contributed by atoms with Crippen LogP contribution >= 0.6 is 0 Å². The van der Waals surface area contributed by atoms with Crippen molar-refractivity contribution in [2.45, 2.75) is 55.5 Å². The first-order valence-corrected chi connectivity index (χ1v) is 12.8. The number of carbonyl (C=O) groups is 1. The van der Waals surface area contributed by atoms with Crippen LogP contribution in [0.5, 0.6) is 0 Å². The van der Waals surface area contributed by atoms with Crippen molar-refractivity contribution in [3.05, 3.63) is 102 Å². The number of likely N-dealkylation sites (tertiary alicyclic amines) is 1. The fraction of sp³-hybridized carbons (Fsp3) is 0.400. The lowest BCUT2D eigenvalue weighted by Crippen LogP contribution is -2.65. The Kier molecular flexibility index (Phi) is 5.70. The fourth-order valence-electron chi connectivity index (χ4n) is 7.28. The molecule has 0 unspecified atom stereocenters. The molecule has 3 aromatic rings. The number of rotatable bonds is 5. The maximum absolute atomic E-state index is 13.3. The lowest BCUT2D eigenvalue weighted by molar-refractivity contribution is -0.0428. The van der Waals surface area contributed by atoms with Gasteiger partial charge in [0.1, 0.15) is 0 Å². The molecule has 2 aromatic carbocycles. The Hall–Kier alpha value is -2.98. The molecule has 7 rings (SSSR count). The summed E-state index contributed by atoms with van der Waals surface area (Å²) in [5.41, 5.74) is 3.60. The monoisotopic (exact) mass is 451 g/mol. The van der Waals surface area contributed by atoms with Crippen LogP contribution in [0.1, 0.15) is 65.4 Å². The van der Waals surface area contributed by atoms with Gasteiger partial charge in [0.2, 0.25) is 0 Å². The largest absolute Gasteiger partial charge is 0.349 e. The first kappa shape index (κ1) is 21.5. The number of nitrogens with one attached hydrogen (secondary N) is 1. The number of pyridine rings is 1. The number of amides is 1. The molecule has 1 aromatic heterocycles. The van der Waals surface area contributed by atoms with Gasteiger partial charge < -0.3 is 5.32 Å². The summed E-state index contributed by atoms with van der Waals surface area (Å²) in [5, 5.41) is 3.51. The molecule has 3 aliphatic carbocycles. The van der Waals surface area contributed by atoms with Gasteiger partial charge in [-0.05, 0) is 86.2 Å². The van der Waals surface area contributed by atoms with E-state index < -0.39 is 0 Å². The molecule has 34 heavy (non-hydrogen) atoms. The Labute approximate surface area is 202 Å². The fourth-order valence-corrected chi connectivity index (χ4v) is 7.28. The molecule has 3 atom stereocenters. The van der Waals surface area contributed by atoms with E-state index in [1.807, 2.05) is 12.1 Å². The molecule has 2 heterocycles. The van der Waals surface area contributed by atoms with Gasteiger partial charge >= 0.3 is 0 Å². The van der Waals surface area contributed by atoms with Crippen LogP contribution in [-0.4, -0.2) is 40.5 Å². The van der Waals surface area contributed by atoms with Gasteiger partial charge in [-0.25, -0.2) is 0 Å². The minimum absolute atomic E-state index is 0.000783. The molecule has 1 saturated heterocycles. The van der Waals surface area contributed by atoms with Crippen molar-refractivity contribution >= 4 is 5.91 Å². The number of nitrogens with zero attached hydrogens (tertiary/aromatic N) is 2. The van der Waals surface area contributed by atoms with Crippen molar-refractivity contribution in [1.82, 2.24) is 15.2 Å². The quantitative estimate of drug-likeness (QED) is 0.565. The zero-order valence-corrected chi connectivity index (χ0v) is 19.6. The average Bonchev–Trinajstić information content (AvgIpc) is 3.46. The topological polar surface area (TPSA) is 45.2 Å². The number of hydrogen-bond donors (Lipinski definition) is 1. The van der Waals surface area contributed by atoms with Crippen LogP contribution in [0.25, 0.3) is 0 Å². The normalized spacial score (nSPS) is 30.8. The van der Waals surface area contributed by atoms with E-state index in [9.17, 15) is 4.79 Å². The maximum atomic E-state index is 13.3. The second kappa shape index (κ2) is 8.99. The summed E-state index contributed by atoms with van der Waals surface area (Å²) in [7, 11) is 0. The Balaban J connectivity index is 1.43. The van der Waals surface area contributed by atoms with E-state index in [0.29, 0.717) is 23.3 Å². The van der Waals surface area contributed by atoms with Gasteiger partial charge in [0.25, 0.3) is 5.91 Å². The number of benzene rings is 2. The standard InChI is InChI=1S/C30H33N3O/c34-29(24-14-9-15-31-21-24)32-27-20-30(33-16-7-8-17-33)18-25(22-10-3-1-4-11-22)28(27)26(19-30)23-12-5-2-6-13-23/h1-6,9-15,21,25-28H,7-8,16-20H2,(H,32,34)/t25-,26-,27-,28?,30?/m0/s1. The molecule has 0 radical (unpaired) electrons. The first-order valence-electron chi connectivity index (χ1n) is 12.8. The van der Waals surface area contributed by atoms with E-state index in [2.05, 4.69) is 75.9 Å². The molecular weight excluding hydrogens is 418 g/mol. The second-order valence-electron chi connectivity index (χ2n) is 10.5. The molecule has 0 spiro atoms. The SMILES string of the molecule is O=C(N[C@H]1CC2(N3CCCC3)C[C@@H](c3ccccc3)C1[C@H](c1ccccc1)C2)c1cccnc1. The molecule has 4 fully saturated rings. The van der Waals surface area contributed by atoms with E-state index in [1.165, 1.54) is 49.9 Å². The summed E-state index contributed by atoms with van der Waals surface area (Å²) < 4.78 is 0. The van der Waals surface area contributed by atoms with Crippen LogP contribution in [0, 0.1) is 5.92 Å². The van der Waals surface area contributed by atoms with Gasteiger partial charge in [-0.15, -0.1) is 0 Å². The molecule has 4 heteroatoms. The van der Waals surface area contributed by atoms with Crippen molar-refractivity contribution in [1.29, 1.82) is 0 Å². The average molecular weight is 452 g/mol. The van der Waals surface area contributed by atoms with Gasteiger partial charge in [-0.1, -0.05) is 60.7 Å². The van der Waals surface area contributed by atoms with Crippen LogP contribution in [-0.2, 0) is 0 Å². The van der Waals surface area contributed by atoms with Gasteiger partial charge in [0.05, 0.1) is 5.56 Å². The van der Waals surface area contributed by atoms with Crippen LogP contribution < -0.4 is 5.32 Å². The molecule has 1 amide bonds. The second-order valence-corrected chi connectivity index (χ2v) is 10.5. The summed E-state index contributed by atoms with van der Waals surface area (Å²) in [6.45, 7) is 2.36. The summed E-state index contributed by atoms with van der Waals surface area (Å²) in [6, 6.07) is 25.9. The number of aromatic nitrogens is 1. The highest BCUT2D eigenvalue weighted by Crippen LogP contribution is 2.60. The number of fused-ring (bicyclic) bond motifs is 3. The zero-order chi connectivity index (χ0) is 23.0. The lowest BCUT2D eigenvalue weighted by Gasteiger charge is -2.61. The Morgan fingerprint density at radius 3 is 2.00 bits per heavy atom. The van der Waals surface area contributed by atoms with Crippen LogP contribution in [0.2, 0.25) is 0 Å². The molecule has 174 valence electrons. The first-order chi connectivity index (χ1) is 16.7. The third-order valence-electron chi connectivity index (χ3n) is 8.67. The summed E-state index contributed by atoms with van der Waals surface area (Å²) in [6.07, 6.45) is 9.37. The molecule has 3 saturated carbocycles. The van der Waals surface area contributed by atoms with E-state index in [-0.39, 0.29) is 17.5 Å². The highest BCUT2D eigenvalue weighted by molar-refractivity contribution is 5.94. The Morgan fingerprint density at radius 2 is 1.44 bits per heavy atom. The number of carbonyl (C=O) groups excluding carboxylic acids is 1. The van der Waals surface area contributed by atoms with E-state index in [1.54, 1.807) is 12.4 Å². The molecule has 1 N–H and O–H groups in total. The molecule has 4 aliphatic rings. The van der Waals surface area contributed by atoms with Crippen molar-refractivity contribution in [3.8, 4) is 0 Å². The molecule has 1 aliphatic heterocycles. The summed E-state index contributed by atoms with van der Waals surface area (Å²) >= 11 is 0. The molecular formula is C30H33N3O. The Morgan fingerprint density at radius 1 is 0.824 bits per heavy atom. The van der Waals surface area contributed by atoms with Crippen molar-refractivity contribution in [2.24, 2.45) is 5.92 Å². The number of hydrogen-bond acceptors (Lipinski definition) is 3. The van der Waals surface area contributed by atoms with Crippen molar-refractivity contribution in [3.63, 3.8) is 0 Å². The van der Waals surface area contributed by atoms with E-state index >= 15 is 0 Å². The lowest BCUT2D eigenvalue weighted by atomic mass is 9.51. The third-order valence-corrected chi connectivity index (χ3v) is 8.67. The maximum Gasteiger partial charge on any atom is 0.253 e. The summed E-state index contributed by atoms with van der Waals surface area (Å²) in [4.78, 5) is 20.3. The van der Waals surface area contributed by atoms with Gasteiger partial charge in [-0.2, -0.15) is 0 Å².